The standard InChI is InChI=1S/C16H25N3S/c1-5-7-17-13(4)14-6-8-19(9-14)10-15-11-20-16(18-15)12(2)3/h6,8-9,11-13,17H,5,7,10H2,1-4H3. The zero-order valence-corrected chi connectivity index (χ0v) is 13.7. The van der Waals surface area contributed by atoms with Crippen LogP contribution in [0.15, 0.2) is 23.8 Å². The van der Waals surface area contributed by atoms with Crippen molar-refractivity contribution < 1.29 is 0 Å². The maximum atomic E-state index is 4.69. The molecule has 0 radical (unpaired) electrons. The molecule has 0 bridgehead atoms. The average molecular weight is 291 g/mol. The van der Waals surface area contributed by atoms with Gasteiger partial charge in [-0.2, -0.15) is 0 Å². The van der Waals surface area contributed by atoms with E-state index < -0.39 is 0 Å². The van der Waals surface area contributed by atoms with Crippen molar-refractivity contribution in [3.63, 3.8) is 0 Å². The Balaban J connectivity index is 1.98. The summed E-state index contributed by atoms with van der Waals surface area (Å²) in [6.07, 6.45) is 5.54. The maximum absolute atomic E-state index is 4.69. The quantitative estimate of drug-likeness (QED) is 0.829. The van der Waals surface area contributed by atoms with Crippen molar-refractivity contribution >= 4 is 11.3 Å². The molecule has 0 amide bonds. The van der Waals surface area contributed by atoms with Crippen molar-refractivity contribution in [3.05, 3.63) is 40.1 Å². The van der Waals surface area contributed by atoms with Gasteiger partial charge < -0.3 is 9.88 Å². The second-order valence-corrected chi connectivity index (χ2v) is 6.51. The number of aromatic nitrogens is 2. The summed E-state index contributed by atoms with van der Waals surface area (Å²) in [6.45, 7) is 10.7. The van der Waals surface area contributed by atoms with Gasteiger partial charge in [-0.1, -0.05) is 20.8 Å². The second-order valence-electron chi connectivity index (χ2n) is 5.62. The van der Waals surface area contributed by atoms with Crippen LogP contribution in [-0.4, -0.2) is 16.1 Å². The maximum Gasteiger partial charge on any atom is 0.0954 e. The second kappa shape index (κ2) is 7.04. The average Bonchev–Trinajstić information content (AvgIpc) is 3.05. The van der Waals surface area contributed by atoms with E-state index in [2.05, 4.69) is 61.4 Å². The van der Waals surface area contributed by atoms with E-state index in [1.165, 1.54) is 17.0 Å². The van der Waals surface area contributed by atoms with Gasteiger partial charge in [-0.3, -0.25) is 0 Å². The van der Waals surface area contributed by atoms with Crippen LogP contribution in [0.2, 0.25) is 0 Å². The number of nitrogens with one attached hydrogen (secondary N) is 1. The van der Waals surface area contributed by atoms with Crippen LogP contribution < -0.4 is 5.32 Å². The molecule has 4 heteroatoms. The van der Waals surface area contributed by atoms with Crippen LogP contribution in [0.3, 0.4) is 0 Å². The van der Waals surface area contributed by atoms with Crippen molar-refractivity contribution in [2.24, 2.45) is 0 Å². The molecule has 0 spiro atoms. The van der Waals surface area contributed by atoms with E-state index in [0.29, 0.717) is 12.0 Å². The van der Waals surface area contributed by atoms with Crippen LogP contribution in [0, 0.1) is 0 Å². The van der Waals surface area contributed by atoms with Gasteiger partial charge in [0, 0.05) is 29.7 Å². The van der Waals surface area contributed by atoms with Crippen molar-refractivity contribution in [3.8, 4) is 0 Å². The van der Waals surface area contributed by atoms with E-state index in [-0.39, 0.29) is 0 Å². The first-order valence-electron chi connectivity index (χ1n) is 7.43. The molecule has 110 valence electrons. The Morgan fingerprint density at radius 3 is 2.80 bits per heavy atom. The van der Waals surface area contributed by atoms with Crippen molar-refractivity contribution in [2.75, 3.05) is 6.54 Å². The first kappa shape index (κ1) is 15.3. The SMILES string of the molecule is CCCNC(C)c1ccn(Cc2csc(C(C)C)n2)c1. The molecule has 20 heavy (non-hydrogen) atoms. The van der Waals surface area contributed by atoms with Gasteiger partial charge in [0.25, 0.3) is 0 Å². The lowest BCUT2D eigenvalue weighted by molar-refractivity contribution is 0.569. The van der Waals surface area contributed by atoms with E-state index in [1.807, 2.05) is 0 Å². The molecule has 0 saturated carbocycles. The highest BCUT2D eigenvalue weighted by Crippen LogP contribution is 2.20. The van der Waals surface area contributed by atoms with Gasteiger partial charge in [0.2, 0.25) is 0 Å². The van der Waals surface area contributed by atoms with E-state index in [9.17, 15) is 0 Å². The summed E-state index contributed by atoms with van der Waals surface area (Å²) in [5.74, 6) is 0.521. The molecule has 0 aliphatic carbocycles. The number of hydrogen-bond donors (Lipinski definition) is 1. The molecule has 2 rings (SSSR count). The predicted octanol–water partition coefficient (Wildman–Crippen LogP) is 4.18. The molecule has 1 N–H and O–H groups in total. The molecule has 0 aliphatic heterocycles. The number of rotatable bonds is 7. The monoisotopic (exact) mass is 291 g/mol. The summed E-state index contributed by atoms with van der Waals surface area (Å²) in [5, 5.41) is 6.92. The largest absolute Gasteiger partial charge is 0.348 e. The Morgan fingerprint density at radius 2 is 2.15 bits per heavy atom. The molecule has 2 aromatic heterocycles. The third-order valence-electron chi connectivity index (χ3n) is 3.38. The van der Waals surface area contributed by atoms with Gasteiger partial charge in [-0.05, 0) is 31.5 Å². The fourth-order valence-electron chi connectivity index (χ4n) is 2.14. The Morgan fingerprint density at radius 1 is 1.35 bits per heavy atom. The summed E-state index contributed by atoms with van der Waals surface area (Å²) in [6, 6.07) is 2.61. The van der Waals surface area contributed by atoms with Crippen LogP contribution in [0.25, 0.3) is 0 Å². The lowest BCUT2D eigenvalue weighted by Gasteiger charge is -2.11. The minimum absolute atomic E-state index is 0.415. The van der Waals surface area contributed by atoms with Crippen LogP contribution in [-0.2, 0) is 6.54 Å². The zero-order valence-electron chi connectivity index (χ0n) is 12.9. The first-order valence-corrected chi connectivity index (χ1v) is 8.31. The first-order chi connectivity index (χ1) is 9.60. The van der Waals surface area contributed by atoms with Gasteiger partial charge in [0.05, 0.1) is 17.2 Å². The fourth-order valence-corrected chi connectivity index (χ4v) is 2.97. The highest BCUT2D eigenvalue weighted by atomic mass is 32.1. The number of thiazole rings is 1. The molecule has 2 aromatic rings. The summed E-state index contributed by atoms with van der Waals surface area (Å²) in [4.78, 5) is 4.69. The highest BCUT2D eigenvalue weighted by Gasteiger charge is 2.08. The topological polar surface area (TPSA) is 29.9 Å². The zero-order chi connectivity index (χ0) is 14.5. The van der Waals surface area contributed by atoms with E-state index >= 15 is 0 Å². The molecule has 1 unspecified atom stereocenters. The normalized spacial score (nSPS) is 13.1. The van der Waals surface area contributed by atoms with E-state index in [0.717, 1.165) is 18.8 Å². The summed E-state index contributed by atoms with van der Waals surface area (Å²) in [5.41, 5.74) is 2.51. The summed E-state index contributed by atoms with van der Waals surface area (Å²) >= 11 is 1.76. The molecule has 2 heterocycles. The highest BCUT2D eigenvalue weighted by molar-refractivity contribution is 7.09. The third-order valence-corrected chi connectivity index (χ3v) is 4.58. The Labute approximate surface area is 126 Å². The minimum Gasteiger partial charge on any atom is -0.348 e. The fraction of sp³-hybridized carbons (Fsp3) is 0.562. The number of hydrogen-bond acceptors (Lipinski definition) is 3. The predicted molar refractivity (Wildman–Crippen MR) is 86.4 cm³/mol. The number of nitrogens with zero attached hydrogens (tertiary/aromatic N) is 2. The van der Waals surface area contributed by atoms with Crippen LogP contribution in [0.5, 0.6) is 0 Å². The minimum atomic E-state index is 0.415. The molecule has 0 aliphatic rings. The van der Waals surface area contributed by atoms with Gasteiger partial charge >= 0.3 is 0 Å². The van der Waals surface area contributed by atoms with Gasteiger partial charge in [0.1, 0.15) is 0 Å². The lowest BCUT2D eigenvalue weighted by Crippen LogP contribution is -2.18. The van der Waals surface area contributed by atoms with Crippen molar-refractivity contribution in [1.29, 1.82) is 0 Å². The molecule has 3 nitrogen and oxygen atoms in total. The lowest BCUT2D eigenvalue weighted by atomic mass is 10.2. The van der Waals surface area contributed by atoms with Crippen LogP contribution in [0.1, 0.15) is 62.3 Å². The van der Waals surface area contributed by atoms with Crippen LogP contribution >= 0.6 is 11.3 Å². The van der Waals surface area contributed by atoms with Crippen molar-refractivity contribution in [1.82, 2.24) is 14.9 Å². The van der Waals surface area contributed by atoms with E-state index in [1.54, 1.807) is 11.3 Å². The van der Waals surface area contributed by atoms with Gasteiger partial charge in [-0.25, -0.2) is 4.98 Å². The molecule has 1 atom stereocenters. The van der Waals surface area contributed by atoms with Gasteiger partial charge in [0.15, 0.2) is 0 Å². The smallest absolute Gasteiger partial charge is 0.0954 e. The summed E-state index contributed by atoms with van der Waals surface area (Å²) < 4.78 is 2.22. The van der Waals surface area contributed by atoms with Gasteiger partial charge in [-0.15, -0.1) is 11.3 Å². The molecular formula is C16H25N3S. The third kappa shape index (κ3) is 3.93. The molecule has 0 saturated heterocycles. The molecule has 0 fully saturated rings. The Kier molecular flexibility index (Phi) is 5.38. The molecule has 0 aromatic carbocycles. The Bertz CT molecular complexity index is 527. The van der Waals surface area contributed by atoms with E-state index in [4.69, 9.17) is 4.98 Å². The van der Waals surface area contributed by atoms with Crippen LogP contribution in [0.4, 0.5) is 0 Å². The van der Waals surface area contributed by atoms with Crippen molar-refractivity contribution in [2.45, 2.75) is 52.6 Å². The Hall–Kier alpha value is -1.13. The summed E-state index contributed by atoms with van der Waals surface area (Å²) in [7, 11) is 0. The molecular weight excluding hydrogens is 266 g/mol.